The molecule has 164 valence electrons. The van der Waals surface area contributed by atoms with Crippen molar-refractivity contribution in [2.45, 2.75) is 44.9 Å². The number of carbonyl (C=O) groups excluding carboxylic acids is 3. The zero-order valence-electron chi connectivity index (χ0n) is 17.9. The second-order valence-corrected chi connectivity index (χ2v) is 7.67. The maximum Gasteiger partial charge on any atom is 0.410 e. The standard InChI is InChI=1S/C24H28N2O5/c1-17-8-6-11-19(14-17)15-20(23(28)30-2)25-22(27)21-12-7-13-26(21)24(29)31-16-18-9-4-3-5-10-18/h3-6,8-11,14,20-21H,7,12-13,15-16H2,1-2H3,(H,25,27)/t20-,21+/m0/s1. The number of rotatable bonds is 7. The average Bonchev–Trinajstić information content (AvgIpc) is 3.27. The van der Waals surface area contributed by atoms with Crippen LogP contribution in [0.2, 0.25) is 0 Å². The van der Waals surface area contributed by atoms with E-state index in [1.807, 2.05) is 61.5 Å². The summed E-state index contributed by atoms with van der Waals surface area (Å²) >= 11 is 0. The van der Waals surface area contributed by atoms with E-state index < -0.39 is 24.1 Å². The van der Waals surface area contributed by atoms with Gasteiger partial charge in [0.05, 0.1) is 7.11 Å². The van der Waals surface area contributed by atoms with Crippen LogP contribution in [0.4, 0.5) is 4.79 Å². The van der Waals surface area contributed by atoms with Gasteiger partial charge in [0.1, 0.15) is 18.7 Å². The van der Waals surface area contributed by atoms with E-state index in [0.29, 0.717) is 25.8 Å². The molecule has 2 aromatic rings. The van der Waals surface area contributed by atoms with Crippen molar-refractivity contribution in [3.63, 3.8) is 0 Å². The molecule has 1 heterocycles. The molecule has 1 aliphatic heterocycles. The lowest BCUT2D eigenvalue weighted by molar-refractivity contribution is -0.145. The summed E-state index contributed by atoms with van der Waals surface area (Å²) in [6, 6.07) is 15.6. The van der Waals surface area contributed by atoms with E-state index in [2.05, 4.69) is 5.32 Å². The number of aryl methyl sites for hydroxylation is 1. The van der Waals surface area contributed by atoms with Gasteiger partial charge in [-0.2, -0.15) is 0 Å². The van der Waals surface area contributed by atoms with Crippen LogP contribution in [0.1, 0.15) is 29.5 Å². The van der Waals surface area contributed by atoms with Crippen LogP contribution < -0.4 is 5.32 Å². The Morgan fingerprint density at radius 2 is 1.84 bits per heavy atom. The number of carbonyl (C=O) groups is 3. The smallest absolute Gasteiger partial charge is 0.410 e. The Labute approximate surface area is 182 Å². The summed E-state index contributed by atoms with van der Waals surface area (Å²) in [6.45, 7) is 2.54. The summed E-state index contributed by atoms with van der Waals surface area (Å²) in [5.74, 6) is -0.900. The summed E-state index contributed by atoms with van der Waals surface area (Å²) in [5, 5.41) is 2.77. The van der Waals surface area contributed by atoms with Gasteiger partial charge < -0.3 is 14.8 Å². The number of nitrogens with zero attached hydrogens (tertiary/aromatic N) is 1. The van der Waals surface area contributed by atoms with Crippen molar-refractivity contribution >= 4 is 18.0 Å². The number of amides is 2. The van der Waals surface area contributed by atoms with E-state index in [1.165, 1.54) is 12.0 Å². The molecule has 2 aromatic carbocycles. The van der Waals surface area contributed by atoms with Crippen LogP contribution in [0.25, 0.3) is 0 Å². The molecule has 0 aromatic heterocycles. The van der Waals surface area contributed by atoms with Gasteiger partial charge >= 0.3 is 12.1 Å². The molecule has 7 nitrogen and oxygen atoms in total. The van der Waals surface area contributed by atoms with Crippen molar-refractivity contribution in [3.8, 4) is 0 Å². The van der Waals surface area contributed by atoms with Crippen molar-refractivity contribution in [2.75, 3.05) is 13.7 Å². The maximum atomic E-state index is 13.0. The molecule has 0 saturated carbocycles. The third-order valence-corrected chi connectivity index (χ3v) is 5.32. The number of hydrogen-bond acceptors (Lipinski definition) is 5. The minimum absolute atomic E-state index is 0.142. The van der Waals surface area contributed by atoms with Gasteiger partial charge in [0.15, 0.2) is 0 Å². The van der Waals surface area contributed by atoms with Crippen LogP contribution in [-0.2, 0) is 32.1 Å². The van der Waals surface area contributed by atoms with E-state index in [-0.39, 0.29) is 12.5 Å². The zero-order valence-corrected chi connectivity index (χ0v) is 17.9. The van der Waals surface area contributed by atoms with E-state index >= 15 is 0 Å². The zero-order chi connectivity index (χ0) is 22.2. The first kappa shape index (κ1) is 22.3. The Kier molecular flexibility index (Phi) is 7.65. The SMILES string of the molecule is COC(=O)[C@H](Cc1cccc(C)c1)NC(=O)[C@H]1CCCN1C(=O)OCc1ccccc1. The lowest BCUT2D eigenvalue weighted by Gasteiger charge is -2.25. The first-order valence-corrected chi connectivity index (χ1v) is 10.4. The Morgan fingerprint density at radius 3 is 2.55 bits per heavy atom. The lowest BCUT2D eigenvalue weighted by Crippen LogP contribution is -2.51. The highest BCUT2D eigenvalue weighted by Crippen LogP contribution is 2.20. The molecule has 1 saturated heterocycles. The summed E-state index contributed by atoms with van der Waals surface area (Å²) < 4.78 is 10.3. The van der Waals surface area contributed by atoms with Crippen LogP contribution in [0.5, 0.6) is 0 Å². The highest BCUT2D eigenvalue weighted by molar-refractivity contribution is 5.90. The normalized spacial score (nSPS) is 16.5. The molecule has 7 heteroatoms. The quantitative estimate of drug-likeness (QED) is 0.691. The van der Waals surface area contributed by atoms with Crippen molar-refractivity contribution in [1.82, 2.24) is 10.2 Å². The van der Waals surface area contributed by atoms with Crippen LogP contribution in [0, 0.1) is 6.92 Å². The van der Waals surface area contributed by atoms with Gasteiger partial charge in [-0.3, -0.25) is 9.69 Å². The topological polar surface area (TPSA) is 84.9 Å². The molecule has 1 aliphatic rings. The van der Waals surface area contributed by atoms with Gasteiger partial charge in [-0.1, -0.05) is 60.2 Å². The van der Waals surface area contributed by atoms with Gasteiger partial charge in [0.25, 0.3) is 0 Å². The van der Waals surface area contributed by atoms with Crippen LogP contribution in [-0.4, -0.2) is 48.6 Å². The molecular formula is C24H28N2O5. The molecule has 31 heavy (non-hydrogen) atoms. The Morgan fingerprint density at radius 1 is 1.10 bits per heavy atom. The number of nitrogens with one attached hydrogen (secondary N) is 1. The third kappa shape index (κ3) is 6.07. The molecule has 0 spiro atoms. The maximum absolute atomic E-state index is 13.0. The average molecular weight is 424 g/mol. The van der Waals surface area contributed by atoms with E-state index in [0.717, 1.165) is 16.7 Å². The summed E-state index contributed by atoms with van der Waals surface area (Å²) in [7, 11) is 1.29. The molecule has 1 fully saturated rings. The molecule has 2 amide bonds. The van der Waals surface area contributed by atoms with E-state index in [4.69, 9.17) is 9.47 Å². The number of methoxy groups -OCH3 is 1. The Hall–Kier alpha value is -3.35. The minimum Gasteiger partial charge on any atom is -0.467 e. The van der Waals surface area contributed by atoms with Crippen LogP contribution in [0.15, 0.2) is 54.6 Å². The summed E-state index contributed by atoms with van der Waals surface area (Å²) in [6.07, 6.45) is 0.990. The molecule has 3 rings (SSSR count). The third-order valence-electron chi connectivity index (χ3n) is 5.32. The second-order valence-electron chi connectivity index (χ2n) is 7.67. The number of hydrogen-bond donors (Lipinski definition) is 1. The van der Waals surface area contributed by atoms with E-state index in [9.17, 15) is 14.4 Å². The minimum atomic E-state index is -0.831. The van der Waals surface area contributed by atoms with Gasteiger partial charge in [0.2, 0.25) is 5.91 Å². The largest absolute Gasteiger partial charge is 0.467 e. The number of benzene rings is 2. The van der Waals surface area contributed by atoms with Gasteiger partial charge in [-0.15, -0.1) is 0 Å². The fraction of sp³-hybridized carbons (Fsp3) is 0.375. The number of esters is 1. The number of ether oxygens (including phenoxy) is 2. The van der Waals surface area contributed by atoms with Crippen LogP contribution in [0.3, 0.4) is 0 Å². The molecule has 1 N–H and O–H groups in total. The molecular weight excluding hydrogens is 396 g/mol. The van der Waals surface area contributed by atoms with Gasteiger partial charge in [-0.05, 0) is 30.9 Å². The predicted molar refractivity (Wildman–Crippen MR) is 115 cm³/mol. The number of likely N-dealkylation sites (tertiary alicyclic amines) is 1. The highest BCUT2D eigenvalue weighted by Gasteiger charge is 2.37. The summed E-state index contributed by atoms with van der Waals surface area (Å²) in [5.41, 5.74) is 2.86. The monoisotopic (exact) mass is 424 g/mol. The molecule has 0 radical (unpaired) electrons. The summed E-state index contributed by atoms with van der Waals surface area (Å²) in [4.78, 5) is 39.2. The van der Waals surface area contributed by atoms with Gasteiger partial charge in [-0.25, -0.2) is 9.59 Å². The predicted octanol–water partition coefficient (Wildman–Crippen LogP) is 3.00. The molecule has 0 unspecified atom stereocenters. The molecule has 0 bridgehead atoms. The molecule has 2 atom stereocenters. The fourth-order valence-corrected chi connectivity index (χ4v) is 3.74. The second kappa shape index (κ2) is 10.6. The van der Waals surface area contributed by atoms with Crippen molar-refractivity contribution in [2.24, 2.45) is 0 Å². The fourth-order valence-electron chi connectivity index (χ4n) is 3.74. The van der Waals surface area contributed by atoms with Gasteiger partial charge in [0, 0.05) is 13.0 Å². The first-order chi connectivity index (χ1) is 15.0. The van der Waals surface area contributed by atoms with Crippen molar-refractivity contribution in [3.05, 3.63) is 71.3 Å². The Bertz CT molecular complexity index is 915. The van der Waals surface area contributed by atoms with Crippen molar-refractivity contribution < 1.29 is 23.9 Å². The molecule has 0 aliphatic carbocycles. The van der Waals surface area contributed by atoms with E-state index in [1.54, 1.807) is 0 Å². The Balaban J connectivity index is 1.63. The van der Waals surface area contributed by atoms with Crippen molar-refractivity contribution in [1.29, 1.82) is 0 Å². The highest BCUT2D eigenvalue weighted by atomic mass is 16.6. The lowest BCUT2D eigenvalue weighted by atomic mass is 10.0. The first-order valence-electron chi connectivity index (χ1n) is 10.4. The van der Waals surface area contributed by atoms with Crippen LogP contribution >= 0.6 is 0 Å².